The summed E-state index contributed by atoms with van der Waals surface area (Å²) in [4.78, 5) is 11.2. The summed E-state index contributed by atoms with van der Waals surface area (Å²) in [5.74, 6) is -0.278. The number of hydrogen-bond donors (Lipinski definition) is 0. The van der Waals surface area contributed by atoms with E-state index < -0.39 is 8.32 Å². The first-order chi connectivity index (χ1) is 9.01. The number of esters is 1. The number of ether oxygens (including phenoxy) is 1. The van der Waals surface area contributed by atoms with E-state index in [0.717, 1.165) is 19.4 Å². The quantitative estimate of drug-likeness (QED) is 0.246. The molecule has 0 aliphatic heterocycles. The van der Waals surface area contributed by atoms with Crippen LogP contribution >= 0.6 is 0 Å². The molecule has 0 N–H and O–H groups in total. The number of rotatable bonds is 11. The third kappa shape index (κ3) is 7.53. The first-order valence-electron chi connectivity index (χ1n) is 7.48. The van der Waals surface area contributed by atoms with Crippen LogP contribution in [0.25, 0.3) is 0 Å². The molecule has 0 aliphatic carbocycles. The van der Waals surface area contributed by atoms with Crippen LogP contribution in [0.1, 0.15) is 47.0 Å². The van der Waals surface area contributed by atoms with Crippen LogP contribution in [0.15, 0.2) is 12.2 Å². The van der Waals surface area contributed by atoms with E-state index >= 15 is 0 Å². The van der Waals surface area contributed by atoms with Gasteiger partial charge >= 0.3 is 5.97 Å². The lowest BCUT2D eigenvalue weighted by atomic mass is 10.3. The number of carbonyl (C=O) groups is 1. The molecule has 0 aromatic heterocycles. The van der Waals surface area contributed by atoms with Crippen molar-refractivity contribution in [3.05, 3.63) is 12.2 Å². The second-order valence-corrected chi connectivity index (χ2v) is 9.62. The number of unbranched alkanes of at least 4 members (excludes halogenated alkanes) is 2. The lowest BCUT2D eigenvalue weighted by molar-refractivity contribution is -0.139. The van der Waals surface area contributed by atoms with Crippen LogP contribution in [0.4, 0.5) is 0 Å². The molecule has 0 saturated heterocycles. The van der Waals surface area contributed by atoms with Crippen molar-refractivity contribution in [1.29, 1.82) is 0 Å². The van der Waals surface area contributed by atoms with Gasteiger partial charge in [0.15, 0.2) is 8.32 Å². The largest absolute Gasteiger partial charge is 0.462 e. The van der Waals surface area contributed by atoms with E-state index in [0.29, 0.717) is 12.2 Å². The van der Waals surface area contributed by atoms with Crippen molar-refractivity contribution in [3.8, 4) is 0 Å². The predicted octanol–water partition coefficient (Wildman–Crippen LogP) is 4.30. The molecule has 0 saturated carbocycles. The van der Waals surface area contributed by atoms with E-state index in [4.69, 9.17) is 9.16 Å². The van der Waals surface area contributed by atoms with Gasteiger partial charge in [0.25, 0.3) is 0 Å². The molecule has 4 heteroatoms. The highest BCUT2D eigenvalue weighted by Gasteiger charge is 2.29. The Balaban J connectivity index is 3.77. The van der Waals surface area contributed by atoms with Crippen LogP contribution in [-0.2, 0) is 14.0 Å². The van der Waals surface area contributed by atoms with E-state index in [1.807, 2.05) is 0 Å². The summed E-state index contributed by atoms with van der Waals surface area (Å²) in [6.45, 7) is 13.2. The Morgan fingerprint density at radius 1 is 1.11 bits per heavy atom. The van der Waals surface area contributed by atoms with Gasteiger partial charge in [0.2, 0.25) is 0 Å². The number of hydrogen-bond acceptors (Lipinski definition) is 3. The highest BCUT2D eigenvalue weighted by atomic mass is 28.4. The molecule has 112 valence electrons. The zero-order valence-electron chi connectivity index (χ0n) is 13.1. The predicted molar refractivity (Wildman–Crippen MR) is 82.8 cm³/mol. The van der Waals surface area contributed by atoms with Gasteiger partial charge in [0.1, 0.15) is 0 Å². The molecule has 0 aromatic carbocycles. The molecule has 0 aromatic rings. The highest BCUT2D eigenvalue weighted by molar-refractivity contribution is 6.73. The summed E-state index contributed by atoms with van der Waals surface area (Å²) in [6.07, 6.45) is 3.22. The molecule has 0 aliphatic rings. The van der Waals surface area contributed by atoms with Crippen molar-refractivity contribution in [2.24, 2.45) is 0 Å². The topological polar surface area (TPSA) is 35.5 Å². The Morgan fingerprint density at radius 3 is 2.21 bits per heavy atom. The lowest BCUT2D eigenvalue weighted by Gasteiger charge is -2.28. The fraction of sp³-hybridized carbons (Fsp3) is 0.800. The first kappa shape index (κ1) is 18.4. The van der Waals surface area contributed by atoms with Gasteiger partial charge in [-0.25, -0.2) is 4.79 Å². The molecule has 0 amide bonds. The second-order valence-electron chi connectivity index (χ2n) is 5.05. The molecule has 0 heterocycles. The Morgan fingerprint density at radius 2 is 1.74 bits per heavy atom. The van der Waals surface area contributed by atoms with Gasteiger partial charge in [0, 0.05) is 12.2 Å². The molecule has 0 fully saturated rings. The maximum atomic E-state index is 11.2. The van der Waals surface area contributed by atoms with Crippen molar-refractivity contribution in [1.82, 2.24) is 0 Å². The summed E-state index contributed by atoms with van der Waals surface area (Å²) in [5, 5.41) is 0. The minimum absolute atomic E-state index is 0.278. The minimum Gasteiger partial charge on any atom is -0.462 e. The third-order valence-electron chi connectivity index (χ3n) is 3.60. The van der Waals surface area contributed by atoms with Crippen molar-refractivity contribution in [2.75, 3.05) is 13.2 Å². The highest BCUT2D eigenvalue weighted by Crippen LogP contribution is 2.24. The van der Waals surface area contributed by atoms with Crippen LogP contribution in [0.5, 0.6) is 0 Å². The molecular formula is C15H30O3Si. The summed E-state index contributed by atoms with van der Waals surface area (Å²) in [5.41, 5.74) is 0.472. The zero-order chi connectivity index (χ0) is 14.7. The van der Waals surface area contributed by atoms with Gasteiger partial charge in [-0.1, -0.05) is 33.3 Å². The van der Waals surface area contributed by atoms with E-state index in [9.17, 15) is 4.79 Å². The van der Waals surface area contributed by atoms with Gasteiger partial charge in [-0.2, -0.15) is 0 Å². The van der Waals surface area contributed by atoms with Crippen molar-refractivity contribution in [3.63, 3.8) is 0 Å². The molecule has 0 rings (SSSR count). The van der Waals surface area contributed by atoms with Crippen molar-refractivity contribution in [2.45, 2.75) is 65.1 Å². The SMILES string of the molecule is C=C(C)C(=O)OCCCCC[Si](CC)(CC)OCC. The fourth-order valence-electron chi connectivity index (χ4n) is 2.20. The van der Waals surface area contributed by atoms with Crippen LogP contribution in [0, 0.1) is 0 Å². The van der Waals surface area contributed by atoms with Crippen LogP contribution in [0.2, 0.25) is 18.1 Å². The summed E-state index contributed by atoms with van der Waals surface area (Å²) in [7, 11) is -1.47. The van der Waals surface area contributed by atoms with E-state index in [-0.39, 0.29) is 5.97 Å². The molecule has 19 heavy (non-hydrogen) atoms. The van der Waals surface area contributed by atoms with Gasteiger partial charge in [-0.3, -0.25) is 0 Å². The van der Waals surface area contributed by atoms with Crippen LogP contribution < -0.4 is 0 Å². The Hall–Kier alpha value is -0.613. The van der Waals surface area contributed by atoms with Gasteiger partial charge < -0.3 is 9.16 Å². The zero-order valence-corrected chi connectivity index (χ0v) is 14.1. The summed E-state index contributed by atoms with van der Waals surface area (Å²) in [6, 6.07) is 3.62. The maximum Gasteiger partial charge on any atom is 0.333 e. The summed E-state index contributed by atoms with van der Waals surface area (Å²) < 4.78 is 11.1. The Kier molecular flexibility index (Phi) is 9.88. The molecule has 0 bridgehead atoms. The molecule has 0 radical (unpaired) electrons. The fourth-order valence-corrected chi connectivity index (χ4v) is 5.47. The molecule has 0 unspecified atom stereocenters. The minimum atomic E-state index is -1.47. The van der Waals surface area contributed by atoms with Gasteiger partial charge in [0.05, 0.1) is 6.61 Å². The van der Waals surface area contributed by atoms with Gasteiger partial charge in [-0.05, 0) is 38.4 Å². The van der Waals surface area contributed by atoms with Crippen LogP contribution in [0.3, 0.4) is 0 Å². The van der Waals surface area contributed by atoms with E-state index in [2.05, 4.69) is 27.4 Å². The van der Waals surface area contributed by atoms with E-state index in [1.54, 1.807) is 6.92 Å². The standard InChI is InChI=1S/C15H30O3Si/c1-6-18-19(7-2,8-3)13-11-9-10-12-17-15(16)14(4)5/h4,6-13H2,1-3,5H3. The van der Waals surface area contributed by atoms with Crippen molar-refractivity contribution < 1.29 is 14.0 Å². The average Bonchev–Trinajstić information content (AvgIpc) is 2.41. The molecular weight excluding hydrogens is 256 g/mol. The normalized spacial score (nSPS) is 11.4. The van der Waals surface area contributed by atoms with Crippen LogP contribution in [-0.4, -0.2) is 27.5 Å². The van der Waals surface area contributed by atoms with E-state index in [1.165, 1.54) is 24.6 Å². The third-order valence-corrected chi connectivity index (χ3v) is 8.34. The summed E-state index contributed by atoms with van der Waals surface area (Å²) >= 11 is 0. The number of carbonyl (C=O) groups excluding carboxylic acids is 1. The second kappa shape index (κ2) is 10.2. The van der Waals surface area contributed by atoms with Crippen molar-refractivity contribution >= 4 is 14.3 Å². The Labute approximate surface area is 119 Å². The molecule has 0 spiro atoms. The average molecular weight is 286 g/mol. The monoisotopic (exact) mass is 286 g/mol. The molecule has 0 atom stereocenters. The maximum absolute atomic E-state index is 11.2. The van der Waals surface area contributed by atoms with Gasteiger partial charge in [-0.15, -0.1) is 0 Å². The smallest absolute Gasteiger partial charge is 0.333 e. The Bertz CT molecular complexity index is 273. The lowest BCUT2D eigenvalue weighted by Crippen LogP contribution is -2.36. The first-order valence-corrected chi connectivity index (χ1v) is 10.0. The molecule has 3 nitrogen and oxygen atoms in total.